The van der Waals surface area contributed by atoms with Crippen molar-refractivity contribution < 1.29 is 4.79 Å². The predicted molar refractivity (Wildman–Crippen MR) is 76.7 cm³/mol. The van der Waals surface area contributed by atoms with Crippen LogP contribution < -0.4 is 11.3 Å². The van der Waals surface area contributed by atoms with Crippen molar-refractivity contribution in [2.45, 2.75) is 6.42 Å². The van der Waals surface area contributed by atoms with Gasteiger partial charge in [0.05, 0.1) is 23.7 Å². The van der Waals surface area contributed by atoms with E-state index in [-0.39, 0.29) is 12.3 Å². The fourth-order valence-corrected chi connectivity index (χ4v) is 1.92. The first-order chi connectivity index (χ1) is 9.67. The summed E-state index contributed by atoms with van der Waals surface area (Å²) in [5.41, 5.74) is 4.23. The molecule has 0 atom stereocenters. The third-order valence-corrected chi connectivity index (χ3v) is 3.00. The van der Waals surface area contributed by atoms with Gasteiger partial charge in [-0.05, 0) is 12.1 Å². The second-order valence-corrected chi connectivity index (χ2v) is 4.35. The Labute approximate surface area is 116 Å². The smallest absolute Gasteiger partial charge is 0.272 e. The molecule has 0 bridgehead atoms. The number of nitrogens with zero attached hydrogens (tertiary/aromatic N) is 3. The summed E-state index contributed by atoms with van der Waals surface area (Å²) in [6, 6.07) is 11.1. The number of nitriles is 1. The number of nitrogen functional groups attached to an aromatic ring is 1. The SMILES string of the molecule is CN(CCC#N)C(=O)c1cc(NN)c2ccccc2n1. The Balaban J connectivity index is 2.40. The maximum Gasteiger partial charge on any atom is 0.272 e. The Morgan fingerprint density at radius 2 is 2.25 bits per heavy atom. The summed E-state index contributed by atoms with van der Waals surface area (Å²) in [4.78, 5) is 18.1. The highest BCUT2D eigenvalue weighted by molar-refractivity contribution is 5.99. The molecule has 6 heteroatoms. The fourth-order valence-electron chi connectivity index (χ4n) is 1.92. The van der Waals surface area contributed by atoms with Crippen LogP contribution in [0.15, 0.2) is 30.3 Å². The van der Waals surface area contributed by atoms with Gasteiger partial charge in [0.1, 0.15) is 5.69 Å². The van der Waals surface area contributed by atoms with Crippen molar-refractivity contribution in [2.24, 2.45) is 5.84 Å². The number of fused-ring (bicyclic) bond motifs is 1. The monoisotopic (exact) mass is 269 g/mol. The van der Waals surface area contributed by atoms with E-state index in [2.05, 4.69) is 10.4 Å². The minimum absolute atomic E-state index is 0.234. The average Bonchev–Trinajstić information content (AvgIpc) is 2.50. The van der Waals surface area contributed by atoms with Crippen molar-refractivity contribution in [3.8, 4) is 6.07 Å². The van der Waals surface area contributed by atoms with Gasteiger partial charge >= 0.3 is 0 Å². The number of benzene rings is 1. The van der Waals surface area contributed by atoms with Gasteiger partial charge in [-0.3, -0.25) is 10.6 Å². The van der Waals surface area contributed by atoms with Crippen LogP contribution in [0.2, 0.25) is 0 Å². The van der Waals surface area contributed by atoms with Gasteiger partial charge in [-0.1, -0.05) is 18.2 Å². The molecular weight excluding hydrogens is 254 g/mol. The summed E-state index contributed by atoms with van der Waals surface area (Å²) in [7, 11) is 1.64. The Kier molecular flexibility index (Phi) is 4.13. The third-order valence-electron chi connectivity index (χ3n) is 3.00. The molecule has 0 unspecified atom stereocenters. The summed E-state index contributed by atoms with van der Waals surface area (Å²) < 4.78 is 0. The molecule has 0 aliphatic carbocycles. The Bertz CT molecular complexity index is 677. The number of carbonyl (C=O) groups excluding carboxylic acids is 1. The van der Waals surface area contributed by atoms with Crippen molar-refractivity contribution >= 4 is 22.5 Å². The first-order valence-electron chi connectivity index (χ1n) is 6.16. The molecule has 20 heavy (non-hydrogen) atoms. The number of para-hydroxylation sites is 1. The lowest BCUT2D eigenvalue weighted by Gasteiger charge is -2.16. The Morgan fingerprint density at radius 3 is 2.95 bits per heavy atom. The van der Waals surface area contributed by atoms with Gasteiger partial charge in [0.15, 0.2) is 0 Å². The summed E-state index contributed by atoms with van der Waals surface area (Å²) in [6.45, 7) is 0.370. The molecule has 3 N–H and O–H groups in total. The number of amides is 1. The first kappa shape index (κ1) is 13.8. The van der Waals surface area contributed by atoms with Crippen LogP contribution >= 0.6 is 0 Å². The lowest BCUT2D eigenvalue weighted by molar-refractivity contribution is 0.0792. The van der Waals surface area contributed by atoms with Crippen molar-refractivity contribution in [3.05, 3.63) is 36.0 Å². The highest BCUT2D eigenvalue weighted by atomic mass is 16.2. The zero-order chi connectivity index (χ0) is 14.5. The summed E-state index contributed by atoms with van der Waals surface area (Å²) in [5, 5.41) is 9.41. The fraction of sp³-hybridized carbons (Fsp3) is 0.214. The van der Waals surface area contributed by atoms with E-state index in [1.165, 1.54) is 4.90 Å². The van der Waals surface area contributed by atoms with Gasteiger partial charge in [-0.15, -0.1) is 0 Å². The van der Waals surface area contributed by atoms with Crippen LogP contribution in [-0.4, -0.2) is 29.4 Å². The predicted octanol–water partition coefficient (Wildman–Crippen LogP) is 1.51. The minimum atomic E-state index is -0.234. The first-order valence-corrected chi connectivity index (χ1v) is 6.16. The molecule has 2 aromatic rings. The van der Waals surface area contributed by atoms with Crippen molar-refractivity contribution in [2.75, 3.05) is 19.0 Å². The zero-order valence-electron chi connectivity index (χ0n) is 11.1. The molecule has 6 nitrogen and oxygen atoms in total. The van der Waals surface area contributed by atoms with Crippen LogP contribution in [0.25, 0.3) is 10.9 Å². The van der Waals surface area contributed by atoms with Crippen LogP contribution in [0.4, 0.5) is 5.69 Å². The van der Waals surface area contributed by atoms with E-state index >= 15 is 0 Å². The molecule has 1 aromatic heterocycles. The molecule has 0 fully saturated rings. The van der Waals surface area contributed by atoms with Gasteiger partial charge in [-0.25, -0.2) is 4.98 Å². The van der Waals surface area contributed by atoms with Gasteiger partial charge in [0.25, 0.3) is 5.91 Å². The van der Waals surface area contributed by atoms with E-state index in [1.807, 2.05) is 30.3 Å². The van der Waals surface area contributed by atoms with Crippen molar-refractivity contribution in [1.82, 2.24) is 9.88 Å². The van der Waals surface area contributed by atoms with Crippen LogP contribution in [-0.2, 0) is 0 Å². The van der Waals surface area contributed by atoms with Gasteiger partial charge in [0.2, 0.25) is 0 Å². The van der Waals surface area contributed by atoms with Gasteiger partial charge in [-0.2, -0.15) is 5.26 Å². The van der Waals surface area contributed by atoms with E-state index < -0.39 is 0 Å². The molecule has 0 aliphatic heterocycles. The third kappa shape index (κ3) is 2.68. The van der Waals surface area contributed by atoms with Crippen molar-refractivity contribution in [1.29, 1.82) is 5.26 Å². The second kappa shape index (κ2) is 5.99. The maximum absolute atomic E-state index is 12.2. The number of hydrogen-bond acceptors (Lipinski definition) is 5. The van der Waals surface area contributed by atoms with Gasteiger partial charge in [0, 0.05) is 19.0 Å². The molecule has 102 valence electrons. The standard InChI is InChI=1S/C14H15N5O/c1-19(8-4-7-15)14(20)13-9-12(18-16)10-5-2-3-6-11(10)17-13/h2-3,5-6,9H,4,8,16H2,1H3,(H,17,18). The summed E-state index contributed by atoms with van der Waals surface area (Å²) in [5.74, 6) is 5.26. The molecule has 1 amide bonds. The number of aromatic nitrogens is 1. The normalized spacial score (nSPS) is 10.1. The van der Waals surface area contributed by atoms with E-state index in [0.29, 0.717) is 23.4 Å². The van der Waals surface area contributed by atoms with Crippen LogP contribution in [0.5, 0.6) is 0 Å². The lowest BCUT2D eigenvalue weighted by atomic mass is 10.1. The maximum atomic E-state index is 12.2. The molecule has 0 aliphatic rings. The number of nitrogens with one attached hydrogen (secondary N) is 1. The number of rotatable bonds is 4. The van der Waals surface area contributed by atoms with Crippen LogP contribution in [0, 0.1) is 11.3 Å². The molecule has 0 saturated heterocycles. The highest BCUT2D eigenvalue weighted by Crippen LogP contribution is 2.22. The van der Waals surface area contributed by atoms with Gasteiger partial charge < -0.3 is 10.3 Å². The topological polar surface area (TPSA) is 95.0 Å². The molecule has 0 saturated carbocycles. The van der Waals surface area contributed by atoms with E-state index in [1.54, 1.807) is 13.1 Å². The minimum Gasteiger partial charge on any atom is -0.339 e. The number of nitrogens with two attached hydrogens (primary N) is 1. The quantitative estimate of drug-likeness (QED) is 0.648. The number of anilines is 1. The summed E-state index contributed by atoms with van der Waals surface area (Å²) in [6.07, 6.45) is 0.290. The number of carbonyl (C=O) groups is 1. The molecule has 0 spiro atoms. The number of hydrazine groups is 1. The average molecular weight is 269 g/mol. The molecule has 1 heterocycles. The molecule has 2 rings (SSSR count). The van der Waals surface area contributed by atoms with E-state index in [4.69, 9.17) is 11.1 Å². The van der Waals surface area contributed by atoms with Crippen LogP contribution in [0.3, 0.4) is 0 Å². The second-order valence-electron chi connectivity index (χ2n) is 4.35. The Hall–Kier alpha value is -2.65. The highest BCUT2D eigenvalue weighted by Gasteiger charge is 2.15. The Morgan fingerprint density at radius 1 is 1.50 bits per heavy atom. The molecular formula is C14H15N5O. The van der Waals surface area contributed by atoms with E-state index in [9.17, 15) is 4.79 Å². The van der Waals surface area contributed by atoms with E-state index in [0.717, 1.165) is 5.39 Å². The number of hydrogen-bond donors (Lipinski definition) is 2. The van der Waals surface area contributed by atoms with Crippen LogP contribution in [0.1, 0.15) is 16.9 Å². The summed E-state index contributed by atoms with van der Waals surface area (Å²) >= 11 is 0. The number of pyridine rings is 1. The molecule has 0 radical (unpaired) electrons. The lowest BCUT2D eigenvalue weighted by Crippen LogP contribution is -2.28. The largest absolute Gasteiger partial charge is 0.339 e. The molecule has 1 aromatic carbocycles. The van der Waals surface area contributed by atoms with Crippen molar-refractivity contribution in [3.63, 3.8) is 0 Å². The zero-order valence-corrected chi connectivity index (χ0v) is 11.1.